The van der Waals surface area contributed by atoms with Crippen molar-refractivity contribution >= 4 is 11.8 Å². The minimum absolute atomic E-state index is 0.0111. The predicted octanol–water partition coefficient (Wildman–Crippen LogP) is 3.64. The van der Waals surface area contributed by atoms with E-state index in [1.54, 1.807) is 32.4 Å². The van der Waals surface area contributed by atoms with E-state index in [0.717, 1.165) is 49.9 Å². The van der Waals surface area contributed by atoms with Gasteiger partial charge in [0.15, 0.2) is 0 Å². The fraction of sp³-hybridized carbons (Fsp3) is 0.680. The summed E-state index contributed by atoms with van der Waals surface area (Å²) in [5.74, 6) is 3.83. The van der Waals surface area contributed by atoms with Crippen molar-refractivity contribution in [3.05, 3.63) is 23.8 Å². The first-order valence-corrected chi connectivity index (χ1v) is 11.8. The Hall–Kier alpha value is -2.24. The van der Waals surface area contributed by atoms with Gasteiger partial charge in [-0.1, -0.05) is 0 Å². The number of benzene rings is 1. The Morgan fingerprint density at radius 1 is 0.903 bits per heavy atom. The number of likely N-dealkylation sites (tertiary alicyclic amines) is 1. The maximum absolute atomic E-state index is 13.3. The molecule has 1 saturated heterocycles. The number of amides is 2. The Kier molecular flexibility index (Phi) is 5.35. The van der Waals surface area contributed by atoms with E-state index in [9.17, 15) is 9.59 Å². The molecule has 5 aliphatic rings. The van der Waals surface area contributed by atoms with Crippen molar-refractivity contribution in [3.8, 4) is 11.5 Å². The molecule has 6 heteroatoms. The Morgan fingerprint density at radius 2 is 1.42 bits per heavy atom. The zero-order chi connectivity index (χ0) is 21.6. The number of ether oxygens (including phenoxy) is 2. The fourth-order valence-electron chi connectivity index (χ4n) is 7.07. The molecule has 6 rings (SSSR count). The first kappa shape index (κ1) is 20.7. The lowest BCUT2D eigenvalue weighted by Gasteiger charge is -2.56. The highest BCUT2D eigenvalue weighted by atomic mass is 16.5. The van der Waals surface area contributed by atoms with Gasteiger partial charge in [-0.15, -0.1) is 0 Å². The minimum atomic E-state index is -0.0984. The first-order chi connectivity index (χ1) is 15.0. The third-order valence-electron chi connectivity index (χ3n) is 8.24. The zero-order valence-electron chi connectivity index (χ0n) is 18.7. The molecule has 6 nitrogen and oxygen atoms in total. The van der Waals surface area contributed by atoms with Crippen LogP contribution in [-0.4, -0.2) is 50.1 Å². The van der Waals surface area contributed by atoms with Crippen LogP contribution in [0.15, 0.2) is 18.2 Å². The van der Waals surface area contributed by atoms with Gasteiger partial charge < -0.3 is 19.7 Å². The second kappa shape index (κ2) is 8.03. The predicted molar refractivity (Wildman–Crippen MR) is 117 cm³/mol. The van der Waals surface area contributed by atoms with Crippen LogP contribution in [0.2, 0.25) is 0 Å². The lowest BCUT2D eigenvalue weighted by molar-refractivity contribution is -0.147. The van der Waals surface area contributed by atoms with Gasteiger partial charge in [0.2, 0.25) is 5.91 Å². The number of carbonyl (C=O) groups excluding carboxylic acids is 2. The molecule has 0 spiro atoms. The molecule has 0 radical (unpaired) electrons. The summed E-state index contributed by atoms with van der Waals surface area (Å²) in [5.41, 5.74) is 0.478. The van der Waals surface area contributed by atoms with E-state index < -0.39 is 0 Å². The second-order valence-corrected chi connectivity index (χ2v) is 10.3. The number of nitrogens with one attached hydrogen (secondary N) is 1. The average Bonchev–Trinajstić information content (AvgIpc) is 2.77. The molecule has 0 atom stereocenters. The number of hydrogen-bond donors (Lipinski definition) is 1. The smallest absolute Gasteiger partial charge is 0.254 e. The molecule has 5 fully saturated rings. The van der Waals surface area contributed by atoms with Crippen molar-refractivity contribution in [2.75, 3.05) is 27.3 Å². The standard InChI is InChI=1S/C25H34N2O4/c1-30-21-10-19(11-22(12-21)31-2)23(28)27-5-3-20(4-6-27)26-24(29)25-13-16-7-17(14-25)9-18(8-16)15-25/h10-12,16-18,20H,3-9,13-15H2,1-2H3,(H,26,29). The van der Waals surface area contributed by atoms with Crippen LogP contribution in [0.3, 0.4) is 0 Å². The molecule has 1 aromatic rings. The summed E-state index contributed by atoms with van der Waals surface area (Å²) >= 11 is 0. The summed E-state index contributed by atoms with van der Waals surface area (Å²) in [4.78, 5) is 28.2. The highest BCUT2D eigenvalue weighted by Crippen LogP contribution is 2.60. The molecule has 0 unspecified atom stereocenters. The quantitative estimate of drug-likeness (QED) is 0.781. The summed E-state index contributed by atoms with van der Waals surface area (Å²) in [6, 6.07) is 5.45. The Labute approximate surface area is 184 Å². The van der Waals surface area contributed by atoms with Crippen LogP contribution in [-0.2, 0) is 4.79 Å². The lowest BCUT2D eigenvalue weighted by Crippen LogP contribution is -2.56. The van der Waals surface area contributed by atoms with Gasteiger partial charge >= 0.3 is 0 Å². The van der Waals surface area contributed by atoms with Gasteiger partial charge in [-0.3, -0.25) is 9.59 Å². The van der Waals surface area contributed by atoms with E-state index in [1.165, 1.54) is 19.3 Å². The first-order valence-electron chi connectivity index (χ1n) is 11.8. The molecule has 1 N–H and O–H groups in total. The topological polar surface area (TPSA) is 67.9 Å². The minimum Gasteiger partial charge on any atom is -0.497 e. The van der Waals surface area contributed by atoms with Crippen molar-refractivity contribution in [3.63, 3.8) is 0 Å². The van der Waals surface area contributed by atoms with Crippen molar-refractivity contribution in [2.24, 2.45) is 23.2 Å². The molecule has 1 aliphatic heterocycles. The van der Waals surface area contributed by atoms with Gasteiger partial charge in [0.25, 0.3) is 5.91 Å². The maximum atomic E-state index is 13.3. The Balaban J connectivity index is 1.18. The maximum Gasteiger partial charge on any atom is 0.254 e. The molecule has 4 saturated carbocycles. The molecular weight excluding hydrogens is 392 g/mol. The van der Waals surface area contributed by atoms with Crippen molar-refractivity contribution in [1.29, 1.82) is 0 Å². The number of piperidine rings is 1. The zero-order valence-corrected chi connectivity index (χ0v) is 18.7. The average molecular weight is 427 g/mol. The van der Waals surface area contributed by atoms with Crippen molar-refractivity contribution < 1.29 is 19.1 Å². The largest absolute Gasteiger partial charge is 0.497 e. The Bertz CT molecular complexity index is 802. The lowest BCUT2D eigenvalue weighted by atomic mass is 9.49. The molecule has 2 amide bonds. The molecule has 1 heterocycles. The van der Waals surface area contributed by atoms with Crippen LogP contribution in [0.5, 0.6) is 11.5 Å². The summed E-state index contributed by atoms with van der Waals surface area (Å²) in [5, 5.41) is 3.39. The van der Waals surface area contributed by atoms with Crippen molar-refractivity contribution in [2.45, 2.75) is 57.4 Å². The van der Waals surface area contributed by atoms with Gasteiger partial charge in [0, 0.05) is 36.2 Å². The molecule has 1 aromatic carbocycles. The van der Waals surface area contributed by atoms with Crippen LogP contribution in [0, 0.1) is 23.2 Å². The van der Waals surface area contributed by atoms with E-state index in [1.807, 2.05) is 4.90 Å². The number of methoxy groups -OCH3 is 2. The highest BCUT2D eigenvalue weighted by Gasteiger charge is 2.54. The van der Waals surface area contributed by atoms with E-state index in [0.29, 0.717) is 36.1 Å². The van der Waals surface area contributed by atoms with Crippen molar-refractivity contribution in [1.82, 2.24) is 10.2 Å². The molecule has 0 aromatic heterocycles. The Morgan fingerprint density at radius 3 is 1.90 bits per heavy atom. The fourth-order valence-corrected chi connectivity index (χ4v) is 7.07. The summed E-state index contributed by atoms with van der Waals surface area (Å²) in [7, 11) is 3.17. The summed E-state index contributed by atoms with van der Waals surface area (Å²) in [6.07, 6.45) is 8.96. The van der Waals surface area contributed by atoms with Gasteiger partial charge in [0.05, 0.1) is 14.2 Å². The van der Waals surface area contributed by atoms with E-state index in [4.69, 9.17) is 9.47 Å². The van der Waals surface area contributed by atoms with Crippen LogP contribution < -0.4 is 14.8 Å². The van der Waals surface area contributed by atoms with Crippen LogP contribution in [0.25, 0.3) is 0 Å². The van der Waals surface area contributed by atoms with Gasteiger partial charge in [-0.25, -0.2) is 0 Å². The molecule has 31 heavy (non-hydrogen) atoms. The van der Waals surface area contributed by atoms with Gasteiger partial charge in [-0.2, -0.15) is 0 Å². The van der Waals surface area contributed by atoms with E-state index in [-0.39, 0.29) is 17.4 Å². The molecule has 168 valence electrons. The SMILES string of the molecule is COc1cc(OC)cc(C(=O)N2CCC(NC(=O)C34CC5CC(CC(C5)C3)C4)CC2)c1. The number of rotatable bonds is 5. The normalized spacial score (nSPS) is 32.1. The third kappa shape index (κ3) is 3.90. The summed E-state index contributed by atoms with van der Waals surface area (Å²) < 4.78 is 10.6. The molecular formula is C25H34N2O4. The number of carbonyl (C=O) groups is 2. The van der Waals surface area contributed by atoms with E-state index in [2.05, 4.69) is 5.32 Å². The van der Waals surface area contributed by atoms with Crippen LogP contribution >= 0.6 is 0 Å². The molecule has 4 aliphatic carbocycles. The number of nitrogens with zero attached hydrogens (tertiary/aromatic N) is 1. The van der Waals surface area contributed by atoms with Gasteiger partial charge in [0.1, 0.15) is 11.5 Å². The van der Waals surface area contributed by atoms with Crippen LogP contribution in [0.1, 0.15) is 61.7 Å². The van der Waals surface area contributed by atoms with E-state index >= 15 is 0 Å². The second-order valence-electron chi connectivity index (χ2n) is 10.3. The highest BCUT2D eigenvalue weighted by molar-refractivity contribution is 5.95. The number of hydrogen-bond acceptors (Lipinski definition) is 4. The summed E-state index contributed by atoms with van der Waals surface area (Å²) in [6.45, 7) is 1.31. The third-order valence-corrected chi connectivity index (χ3v) is 8.24. The van der Waals surface area contributed by atoms with Gasteiger partial charge in [-0.05, 0) is 81.3 Å². The monoisotopic (exact) mass is 426 g/mol. The molecule has 4 bridgehead atoms. The van der Waals surface area contributed by atoms with Crippen LogP contribution in [0.4, 0.5) is 0 Å².